The number of benzene rings is 1. The van der Waals surface area contributed by atoms with Crippen molar-refractivity contribution in [3.63, 3.8) is 0 Å². The van der Waals surface area contributed by atoms with Gasteiger partial charge in [0.25, 0.3) is 0 Å². The van der Waals surface area contributed by atoms with Crippen molar-refractivity contribution in [2.24, 2.45) is 0 Å². The molecule has 3 aromatic rings. The van der Waals surface area contributed by atoms with Crippen LogP contribution in [-0.4, -0.2) is 15.2 Å². The second-order valence-corrected chi connectivity index (χ2v) is 6.68. The second kappa shape index (κ2) is 4.06. The number of rotatable bonds is 1. The van der Waals surface area contributed by atoms with Crippen LogP contribution in [0, 0.1) is 0 Å². The summed E-state index contributed by atoms with van der Waals surface area (Å²) in [6.45, 7) is 6.54. The standard InChI is InChI=1S/C14H16N4S/c1-14(2,3)13-17-10-5-4-8(6-11(10)19-13)9-7-16-18-12(9)15/h4-7H,1-3H3,(H3,15,16,18). The van der Waals surface area contributed by atoms with Crippen LogP contribution < -0.4 is 5.73 Å². The molecule has 0 saturated heterocycles. The average molecular weight is 272 g/mol. The maximum atomic E-state index is 5.86. The van der Waals surface area contributed by atoms with Gasteiger partial charge in [-0.25, -0.2) is 4.98 Å². The number of nitrogens with two attached hydrogens (primary N) is 1. The first-order valence-corrected chi connectivity index (χ1v) is 6.97. The molecular weight excluding hydrogens is 256 g/mol. The Bertz CT molecular complexity index is 733. The Morgan fingerprint density at radius 2 is 2.05 bits per heavy atom. The minimum atomic E-state index is 0.0819. The molecule has 3 N–H and O–H groups in total. The van der Waals surface area contributed by atoms with E-state index >= 15 is 0 Å². The van der Waals surface area contributed by atoms with Crippen molar-refractivity contribution in [1.82, 2.24) is 15.2 Å². The quantitative estimate of drug-likeness (QED) is 0.711. The monoisotopic (exact) mass is 272 g/mol. The van der Waals surface area contributed by atoms with Crippen LogP contribution in [0.1, 0.15) is 25.8 Å². The molecule has 0 amide bonds. The van der Waals surface area contributed by atoms with E-state index in [-0.39, 0.29) is 5.41 Å². The molecule has 0 fully saturated rings. The predicted octanol–water partition coefficient (Wildman–Crippen LogP) is 3.57. The van der Waals surface area contributed by atoms with Gasteiger partial charge >= 0.3 is 0 Å². The molecular formula is C14H16N4S. The highest BCUT2D eigenvalue weighted by Crippen LogP contribution is 2.34. The number of nitrogen functional groups attached to an aromatic ring is 1. The Kier molecular flexibility index (Phi) is 2.60. The van der Waals surface area contributed by atoms with Crippen molar-refractivity contribution in [2.75, 3.05) is 5.73 Å². The number of hydrogen-bond donors (Lipinski definition) is 2. The van der Waals surface area contributed by atoms with Crippen LogP contribution in [0.3, 0.4) is 0 Å². The molecule has 0 aliphatic carbocycles. The van der Waals surface area contributed by atoms with Gasteiger partial charge in [0.1, 0.15) is 5.82 Å². The van der Waals surface area contributed by atoms with E-state index in [0.29, 0.717) is 5.82 Å². The number of aromatic nitrogens is 3. The molecule has 0 bridgehead atoms. The number of hydrogen-bond acceptors (Lipinski definition) is 4. The smallest absolute Gasteiger partial charge is 0.126 e. The topological polar surface area (TPSA) is 67.6 Å². The van der Waals surface area contributed by atoms with E-state index in [1.54, 1.807) is 17.5 Å². The van der Waals surface area contributed by atoms with Gasteiger partial charge in [0.05, 0.1) is 21.4 Å². The number of H-pyrrole nitrogens is 1. The van der Waals surface area contributed by atoms with Crippen molar-refractivity contribution >= 4 is 27.4 Å². The number of nitrogens with one attached hydrogen (secondary N) is 1. The maximum Gasteiger partial charge on any atom is 0.126 e. The van der Waals surface area contributed by atoms with Crippen molar-refractivity contribution in [2.45, 2.75) is 26.2 Å². The third-order valence-corrected chi connectivity index (χ3v) is 4.45. The second-order valence-electron chi connectivity index (χ2n) is 5.65. The molecule has 2 aromatic heterocycles. The third-order valence-electron chi connectivity index (χ3n) is 3.01. The first-order chi connectivity index (χ1) is 8.95. The molecule has 0 aliphatic rings. The van der Waals surface area contributed by atoms with Gasteiger partial charge in [-0.3, -0.25) is 5.10 Å². The zero-order valence-corrected chi connectivity index (χ0v) is 12.0. The molecule has 98 valence electrons. The van der Waals surface area contributed by atoms with Crippen LogP contribution >= 0.6 is 11.3 Å². The lowest BCUT2D eigenvalue weighted by molar-refractivity contribution is 0.587. The molecule has 1 aromatic carbocycles. The zero-order chi connectivity index (χ0) is 13.6. The molecule has 0 saturated carbocycles. The van der Waals surface area contributed by atoms with Crippen LogP contribution in [0.4, 0.5) is 5.82 Å². The summed E-state index contributed by atoms with van der Waals surface area (Å²) in [5, 5.41) is 7.87. The molecule has 4 nitrogen and oxygen atoms in total. The van der Waals surface area contributed by atoms with Crippen LogP contribution in [0.5, 0.6) is 0 Å². The molecule has 19 heavy (non-hydrogen) atoms. The van der Waals surface area contributed by atoms with Crippen LogP contribution in [0.2, 0.25) is 0 Å². The predicted molar refractivity (Wildman–Crippen MR) is 80.3 cm³/mol. The average Bonchev–Trinajstić information content (AvgIpc) is 2.92. The van der Waals surface area contributed by atoms with Crippen LogP contribution in [-0.2, 0) is 5.41 Å². The van der Waals surface area contributed by atoms with Gasteiger partial charge < -0.3 is 5.73 Å². The van der Waals surface area contributed by atoms with Gasteiger partial charge in [-0.2, -0.15) is 5.10 Å². The molecule has 0 atom stereocenters. The Balaban J connectivity index is 2.14. The third kappa shape index (κ3) is 2.10. The van der Waals surface area contributed by atoms with Crippen LogP contribution in [0.15, 0.2) is 24.4 Å². The fourth-order valence-corrected chi connectivity index (χ4v) is 3.00. The summed E-state index contributed by atoms with van der Waals surface area (Å²) in [6, 6.07) is 6.21. The van der Waals surface area contributed by atoms with Gasteiger partial charge in [-0.15, -0.1) is 11.3 Å². The highest BCUT2D eigenvalue weighted by atomic mass is 32.1. The summed E-state index contributed by atoms with van der Waals surface area (Å²) in [6.07, 6.45) is 1.75. The highest BCUT2D eigenvalue weighted by molar-refractivity contribution is 7.18. The number of nitrogens with zero attached hydrogens (tertiary/aromatic N) is 2. The normalized spacial score (nSPS) is 12.2. The van der Waals surface area contributed by atoms with E-state index in [0.717, 1.165) is 21.7 Å². The Labute approximate surface area is 115 Å². The fraction of sp³-hybridized carbons (Fsp3) is 0.286. The zero-order valence-electron chi connectivity index (χ0n) is 11.2. The lowest BCUT2D eigenvalue weighted by atomic mass is 9.98. The summed E-state index contributed by atoms with van der Waals surface area (Å²) in [5.74, 6) is 0.597. The number of thiazole rings is 1. The van der Waals surface area contributed by atoms with E-state index < -0.39 is 0 Å². The summed E-state index contributed by atoms with van der Waals surface area (Å²) in [4.78, 5) is 4.69. The minimum absolute atomic E-state index is 0.0819. The number of aromatic amines is 1. The largest absolute Gasteiger partial charge is 0.384 e. The van der Waals surface area contributed by atoms with Gasteiger partial charge in [0.15, 0.2) is 0 Å². The Morgan fingerprint density at radius 3 is 2.68 bits per heavy atom. The van der Waals surface area contributed by atoms with E-state index in [1.165, 1.54) is 4.70 Å². The van der Waals surface area contributed by atoms with E-state index in [2.05, 4.69) is 37.0 Å². The molecule has 2 heterocycles. The van der Waals surface area contributed by atoms with E-state index in [4.69, 9.17) is 10.7 Å². The lowest BCUT2D eigenvalue weighted by Crippen LogP contribution is -2.09. The maximum absolute atomic E-state index is 5.86. The first-order valence-electron chi connectivity index (χ1n) is 6.15. The summed E-state index contributed by atoms with van der Waals surface area (Å²) < 4.78 is 1.18. The summed E-state index contributed by atoms with van der Waals surface area (Å²) >= 11 is 1.74. The Morgan fingerprint density at radius 1 is 1.26 bits per heavy atom. The van der Waals surface area contributed by atoms with Gasteiger partial charge in [0, 0.05) is 11.0 Å². The molecule has 3 rings (SSSR count). The molecule has 0 radical (unpaired) electrons. The first kappa shape index (κ1) is 12.2. The molecule has 5 heteroatoms. The van der Waals surface area contributed by atoms with E-state index in [9.17, 15) is 0 Å². The van der Waals surface area contributed by atoms with Gasteiger partial charge in [-0.1, -0.05) is 26.8 Å². The highest BCUT2D eigenvalue weighted by Gasteiger charge is 2.19. The number of anilines is 1. The fourth-order valence-electron chi connectivity index (χ4n) is 1.94. The summed E-state index contributed by atoms with van der Waals surface area (Å²) in [7, 11) is 0. The lowest BCUT2D eigenvalue weighted by Gasteiger charge is -2.13. The SMILES string of the molecule is CC(C)(C)c1nc2ccc(-c3cn[nH]c3N)cc2s1. The molecule has 0 aliphatic heterocycles. The van der Waals surface area contributed by atoms with Crippen molar-refractivity contribution in [1.29, 1.82) is 0 Å². The van der Waals surface area contributed by atoms with Crippen molar-refractivity contribution < 1.29 is 0 Å². The Hall–Kier alpha value is -1.88. The van der Waals surface area contributed by atoms with Crippen molar-refractivity contribution in [3.05, 3.63) is 29.4 Å². The van der Waals surface area contributed by atoms with Gasteiger partial charge in [0.2, 0.25) is 0 Å². The van der Waals surface area contributed by atoms with E-state index in [1.807, 2.05) is 12.1 Å². The molecule has 0 unspecified atom stereocenters. The molecule has 0 spiro atoms. The summed E-state index contributed by atoms with van der Waals surface area (Å²) in [5.41, 5.74) is 8.99. The van der Waals surface area contributed by atoms with Gasteiger partial charge in [-0.05, 0) is 17.7 Å². The minimum Gasteiger partial charge on any atom is -0.384 e. The van der Waals surface area contributed by atoms with Crippen molar-refractivity contribution in [3.8, 4) is 11.1 Å². The number of fused-ring (bicyclic) bond motifs is 1. The van der Waals surface area contributed by atoms with Crippen LogP contribution in [0.25, 0.3) is 21.3 Å².